The summed E-state index contributed by atoms with van der Waals surface area (Å²) in [6.07, 6.45) is 5.53. The number of imidazole rings is 1. The summed E-state index contributed by atoms with van der Waals surface area (Å²) in [4.78, 5) is 8.33. The molecule has 0 aliphatic carbocycles. The summed E-state index contributed by atoms with van der Waals surface area (Å²) in [6.45, 7) is 2.96. The molecule has 0 spiro atoms. The van der Waals surface area contributed by atoms with E-state index in [1.807, 2.05) is 16.3 Å². The highest BCUT2D eigenvalue weighted by atomic mass is 32.1. The SMILES string of the molecule is CC(NCc1cscn1)c1ccc(-n2ccnc2)cc1. The Morgan fingerprint density at radius 1 is 1.30 bits per heavy atom. The Hall–Kier alpha value is -1.98. The van der Waals surface area contributed by atoms with E-state index in [0.29, 0.717) is 6.04 Å². The molecule has 0 amide bonds. The van der Waals surface area contributed by atoms with Gasteiger partial charge >= 0.3 is 0 Å². The van der Waals surface area contributed by atoms with Crippen LogP contribution < -0.4 is 5.32 Å². The van der Waals surface area contributed by atoms with Crippen molar-refractivity contribution >= 4 is 11.3 Å². The van der Waals surface area contributed by atoms with Gasteiger partial charge in [0, 0.05) is 36.0 Å². The predicted octanol–water partition coefficient (Wildman–Crippen LogP) is 3.18. The van der Waals surface area contributed by atoms with Crippen LogP contribution in [0.4, 0.5) is 0 Å². The topological polar surface area (TPSA) is 42.7 Å². The molecule has 1 atom stereocenters. The summed E-state index contributed by atoms with van der Waals surface area (Å²) in [6, 6.07) is 8.81. The number of aromatic nitrogens is 3. The Labute approximate surface area is 122 Å². The van der Waals surface area contributed by atoms with Crippen LogP contribution in [-0.4, -0.2) is 14.5 Å². The Bertz CT molecular complexity index is 629. The molecule has 0 saturated carbocycles. The highest BCUT2D eigenvalue weighted by Gasteiger charge is 2.06. The zero-order valence-corrected chi connectivity index (χ0v) is 12.0. The molecule has 3 rings (SSSR count). The minimum atomic E-state index is 0.300. The molecular formula is C15H16N4S. The van der Waals surface area contributed by atoms with Gasteiger partial charge in [-0.3, -0.25) is 0 Å². The number of hydrogen-bond donors (Lipinski definition) is 1. The molecule has 3 aromatic rings. The van der Waals surface area contributed by atoms with E-state index in [-0.39, 0.29) is 0 Å². The third-order valence-corrected chi connectivity index (χ3v) is 3.90. The fourth-order valence-corrected chi connectivity index (χ4v) is 2.61. The lowest BCUT2D eigenvalue weighted by Crippen LogP contribution is -2.18. The maximum absolute atomic E-state index is 4.28. The van der Waals surface area contributed by atoms with E-state index in [9.17, 15) is 0 Å². The molecule has 4 nitrogen and oxygen atoms in total. The van der Waals surface area contributed by atoms with E-state index in [1.54, 1.807) is 23.9 Å². The molecule has 0 aliphatic heterocycles. The molecule has 0 saturated heterocycles. The van der Waals surface area contributed by atoms with Gasteiger partial charge in [0.1, 0.15) is 0 Å². The lowest BCUT2D eigenvalue weighted by atomic mass is 10.1. The van der Waals surface area contributed by atoms with Gasteiger partial charge in [0.2, 0.25) is 0 Å². The van der Waals surface area contributed by atoms with Crippen LogP contribution in [0.15, 0.2) is 53.9 Å². The van der Waals surface area contributed by atoms with Gasteiger partial charge < -0.3 is 9.88 Å². The molecule has 102 valence electrons. The summed E-state index contributed by atoms with van der Waals surface area (Å²) >= 11 is 1.63. The third-order valence-electron chi connectivity index (χ3n) is 3.27. The lowest BCUT2D eigenvalue weighted by molar-refractivity contribution is 0.569. The molecule has 0 fully saturated rings. The molecular weight excluding hydrogens is 268 g/mol. The van der Waals surface area contributed by atoms with Crippen molar-refractivity contribution < 1.29 is 0 Å². The Kier molecular flexibility index (Phi) is 3.90. The summed E-state index contributed by atoms with van der Waals surface area (Å²) in [5.74, 6) is 0. The van der Waals surface area contributed by atoms with Crippen LogP contribution in [0.1, 0.15) is 24.2 Å². The van der Waals surface area contributed by atoms with Gasteiger partial charge in [-0.2, -0.15) is 0 Å². The number of rotatable bonds is 5. The molecule has 20 heavy (non-hydrogen) atoms. The molecule has 5 heteroatoms. The summed E-state index contributed by atoms with van der Waals surface area (Å²) < 4.78 is 2.00. The molecule has 1 aromatic carbocycles. The van der Waals surface area contributed by atoms with Crippen LogP contribution in [0.3, 0.4) is 0 Å². The molecule has 1 unspecified atom stereocenters. The van der Waals surface area contributed by atoms with Gasteiger partial charge in [-0.25, -0.2) is 9.97 Å². The summed E-state index contributed by atoms with van der Waals surface area (Å²) in [5.41, 5.74) is 5.35. The van der Waals surface area contributed by atoms with Gasteiger partial charge in [-0.15, -0.1) is 11.3 Å². The maximum Gasteiger partial charge on any atom is 0.0991 e. The first kappa shape index (κ1) is 13.0. The van der Waals surface area contributed by atoms with Crippen molar-refractivity contribution in [3.8, 4) is 5.69 Å². The zero-order chi connectivity index (χ0) is 13.8. The smallest absolute Gasteiger partial charge is 0.0991 e. The van der Waals surface area contributed by atoms with E-state index < -0.39 is 0 Å². The summed E-state index contributed by atoms with van der Waals surface area (Å²) in [5, 5.41) is 5.55. The molecule has 0 bridgehead atoms. The van der Waals surface area contributed by atoms with E-state index in [0.717, 1.165) is 17.9 Å². The van der Waals surface area contributed by atoms with Crippen molar-refractivity contribution in [2.75, 3.05) is 0 Å². The maximum atomic E-state index is 4.28. The molecule has 1 N–H and O–H groups in total. The van der Waals surface area contributed by atoms with Crippen molar-refractivity contribution in [1.82, 2.24) is 19.9 Å². The van der Waals surface area contributed by atoms with Crippen LogP contribution in [0.25, 0.3) is 5.69 Å². The van der Waals surface area contributed by atoms with Crippen molar-refractivity contribution in [1.29, 1.82) is 0 Å². The number of benzene rings is 1. The zero-order valence-electron chi connectivity index (χ0n) is 11.2. The monoisotopic (exact) mass is 284 g/mol. The Morgan fingerprint density at radius 3 is 2.80 bits per heavy atom. The lowest BCUT2D eigenvalue weighted by Gasteiger charge is -2.14. The van der Waals surface area contributed by atoms with Gasteiger partial charge in [0.25, 0.3) is 0 Å². The molecule has 0 aliphatic rings. The first-order valence-electron chi connectivity index (χ1n) is 6.51. The van der Waals surface area contributed by atoms with E-state index >= 15 is 0 Å². The predicted molar refractivity (Wildman–Crippen MR) is 80.9 cm³/mol. The van der Waals surface area contributed by atoms with Crippen molar-refractivity contribution in [2.24, 2.45) is 0 Å². The van der Waals surface area contributed by atoms with Crippen LogP contribution in [0.2, 0.25) is 0 Å². The number of hydrogen-bond acceptors (Lipinski definition) is 4. The quantitative estimate of drug-likeness (QED) is 0.782. The Balaban J connectivity index is 1.65. The first-order chi connectivity index (χ1) is 9.83. The fourth-order valence-electron chi connectivity index (χ4n) is 2.05. The summed E-state index contributed by atoms with van der Waals surface area (Å²) in [7, 11) is 0. The second kappa shape index (κ2) is 5.98. The molecule has 2 aromatic heterocycles. The third kappa shape index (κ3) is 2.95. The van der Waals surface area contributed by atoms with E-state index in [2.05, 4.69) is 51.9 Å². The standard InChI is InChI=1S/C15H16N4S/c1-12(17-8-14-9-20-11-18-14)13-2-4-15(5-3-13)19-7-6-16-10-19/h2-7,9-12,17H,8H2,1H3. The fraction of sp³-hybridized carbons (Fsp3) is 0.200. The second-order valence-electron chi connectivity index (χ2n) is 4.64. The number of nitrogens with zero attached hydrogens (tertiary/aromatic N) is 3. The van der Waals surface area contributed by atoms with E-state index in [1.165, 1.54) is 5.56 Å². The second-order valence-corrected chi connectivity index (χ2v) is 5.36. The van der Waals surface area contributed by atoms with Crippen molar-refractivity contribution in [2.45, 2.75) is 19.5 Å². The first-order valence-corrected chi connectivity index (χ1v) is 7.46. The van der Waals surface area contributed by atoms with Crippen molar-refractivity contribution in [3.05, 3.63) is 65.1 Å². The largest absolute Gasteiger partial charge is 0.306 e. The highest BCUT2D eigenvalue weighted by Crippen LogP contribution is 2.16. The van der Waals surface area contributed by atoms with Crippen molar-refractivity contribution in [3.63, 3.8) is 0 Å². The van der Waals surface area contributed by atoms with E-state index in [4.69, 9.17) is 0 Å². The number of thiazole rings is 1. The van der Waals surface area contributed by atoms with Crippen LogP contribution >= 0.6 is 11.3 Å². The molecule has 2 heterocycles. The van der Waals surface area contributed by atoms with Gasteiger partial charge in [0.15, 0.2) is 0 Å². The van der Waals surface area contributed by atoms with Gasteiger partial charge in [-0.1, -0.05) is 12.1 Å². The van der Waals surface area contributed by atoms with Crippen LogP contribution in [-0.2, 0) is 6.54 Å². The minimum Gasteiger partial charge on any atom is -0.306 e. The number of nitrogens with one attached hydrogen (secondary N) is 1. The van der Waals surface area contributed by atoms with Crippen LogP contribution in [0, 0.1) is 0 Å². The average molecular weight is 284 g/mol. The highest BCUT2D eigenvalue weighted by molar-refractivity contribution is 7.07. The average Bonchev–Trinajstić information content (AvgIpc) is 3.18. The van der Waals surface area contributed by atoms with Gasteiger partial charge in [0.05, 0.1) is 17.5 Å². The normalized spacial score (nSPS) is 12.4. The molecule has 0 radical (unpaired) electrons. The van der Waals surface area contributed by atoms with Gasteiger partial charge in [-0.05, 0) is 24.6 Å². The minimum absolute atomic E-state index is 0.300. The van der Waals surface area contributed by atoms with Crippen LogP contribution in [0.5, 0.6) is 0 Å². The Morgan fingerprint density at radius 2 is 2.15 bits per heavy atom.